The zero-order valence-corrected chi connectivity index (χ0v) is 22.7. The molecule has 1 aliphatic heterocycles. The molecule has 0 radical (unpaired) electrons. The van der Waals surface area contributed by atoms with E-state index in [2.05, 4.69) is 0 Å². The van der Waals surface area contributed by atoms with Crippen LogP contribution < -0.4 is 28.4 Å². The number of fused-ring (bicyclic) bond motifs is 4. The van der Waals surface area contributed by atoms with Crippen LogP contribution in [-0.4, -0.2) is 58.8 Å². The molecule has 0 amide bonds. The zero-order chi connectivity index (χ0) is 27.7. The Morgan fingerprint density at radius 3 is 2.05 bits per heavy atom. The minimum absolute atomic E-state index is 0.0194. The molecule has 0 unspecified atom stereocenters. The van der Waals surface area contributed by atoms with Crippen molar-refractivity contribution in [2.75, 3.05) is 42.2 Å². The molecule has 1 aliphatic carbocycles. The summed E-state index contributed by atoms with van der Waals surface area (Å²) in [5.41, 5.74) is 1.88. The van der Waals surface area contributed by atoms with Crippen LogP contribution in [0.5, 0.6) is 34.5 Å². The molecule has 1 fully saturated rings. The number of benzene rings is 3. The van der Waals surface area contributed by atoms with E-state index in [4.69, 9.17) is 33.2 Å². The maximum Gasteiger partial charge on any atom is 0.338 e. The molecule has 1 saturated heterocycles. The number of hydrogen-bond acceptors (Lipinski definition) is 9. The average molecular weight is 537 g/mol. The van der Waals surface area contributed by atoms with Crippen molar-refractivity contribution in [2.45, 2.75) is 25.0 Å². The van der Waals surface area contributed by atoms with Gasteiger partial charge >= 0.3 is 5.97 Å². The highest BCUT2D eigenvalue weighted by Crippen LogP contribution is 2.56. The quantitative estimate of drug-likeness (QED) is 0.429. The molecule has 0 spiro atoms. The van der Waals surface area contributed by atoms with E-state index < -0.39 is 17.5 Å². The number of carbonyl (C=O) groups excluding carboxylic acids is 1. The highest BCUT2D eigenvalue weighted by atomic mass is 16.6. The van der Waals surface area contributed by atoms with Gasteiger partial charge in [-0.1, -0.05) is 30.3 Å². The first-order chi connectivity index (χ1) is 18.9. The van der Waals surface area contributed by atoms with Crippen LogP contribution in [-0.2, 0) is 29.0 Å². The van der Waals surface area contributed by atoms with Crippen LogP contribution in [0.3, 0.4) is 0 Å². The fourth-order valence-corrected chi connectivity index (χ4v) is 5.54. The maximum absolute atomic E-state index is 12.9. The van der Waals surface area contributed by atoms with Crippen molar-refractivity contribution in [1.29, 1.82) is 0 Å². The van der Waals surface area contributed by atoms with Crippen molar-refractivity contribution in [3.8, 4) is 45.6 Å². The second kappa shape index (κ2) is 10.6. The van der Waals surface area contributed by atoms with Crippen LogP contribution in [0.1, 0.15) is 16.7 Å². The van der Waals surface area contributed by atoms with Crippen molar-refractivity contribution < 1.29 is 43.1 Å². The number of methoxy groups -OCH3 is 5. The van der Waals surface area contributed by atoms with E-state index in [1.54, 1.807) is 27.4 Å². The highest BCUT2D eigenvalue weighted by Gasteiger charge is 2.53. The minimum atomic E-state index is -1.74. The molecule has 1 heterocycles. The number of cyclic esters (lactones) is 1. The van der Waals surface area contributed by atoms with Gasteiger partial charge in [0.2, 0.25) is 11.5 Å². The molecule has 0 bridgehead atoms. The van der Waals surface area contributed by atoms with Gasteiger partial charge in [-0.15, -0.1) is 0 Å². The Morgan fingerprint density at radius 1 is 0.821 bits per heavy atom. The van der Waals surface area contributed by atoms with Crippen LogP contribution in [0.25, 0.3) is 11.1 Å². The van der Waals surface area contributed by atoms with Crippen LogP contribution in [0.2, 0.25) is 0 Å². The number of ether oxygens (including phenoxy) is 7. The molecule has 9 nitrogen and oxygen atoms in total. The van der Waals surface area contributed by atoms with E-state index >= 15 is 0 Å². The maximum atomic E-state index is 12.9. The summed E-state index contributed by atoms with van der Waals surface area (Å²) in [7, 11) is 7.70. The van der Waals surface area contributed by atoms with Crippen LogP contribution in [0.4, 0.5) is 0 Å². The van der Waals surface area contributed by atoms with Gasteiger partial charge in [-0.3, -0.25) is 0 Å². The summed E-state index contributed by atoms with van der Waals surface area (Å²) in [6, 6.07) is 13.3. The highest BCUT2D eigenvalue weighted by molar-refractivity contribution is 5.90. The Kier molecular flexibility index (Phi) is 7.18. The van der Waals surface area contributed by atoms with Gasteiger partial charge in [0, 0.05) is 23.5 Å². The van der Waals surface area contributed by atoms with Crippen LogP contribution >= 0.6 is 0 Å². The van der Waals surface area contributed by atoms with E-state index in [9.17, 15) is 9.90 Å². The lowest BCUT2D eigenvalue weighted by atomic mass is 9.74. The Morgan fingerprint density at radius 2 is 1.41 bits per heavy atom. The first kappa shape index (κ1) is 26.5. The molecule has 2 aliphatic rings. The van der Waals surface area contributed by atoms with Crippen LogP contribution in [0, 0.1) is 5.92 Å². The normalized spacial score (nSPS) is 19.4. The molecule has 39 heavy (non-hydrogen) atoms. The van der Waals surface area contributed by atoms with Crippen molar-refractivity contribution in [3.05, 3.63) is 59.2 Å². The SMILES string of the molecule is COc1cc2c(c(OC)c1OC)-c1c(cc(OC)c(OCc3ccccc3)c1OC)C[C@]1(O)C(=O)OC[C@H]1C2. The lowest BCUT2D eigenvalue weighted by Crippen LogP contribution is -2.44. The van der Waals surface area contributed by atoms with Gasteiger partial charge in [0.1, 0.15) is 6.61 Å². The van der Waals surface area contributed by atoms with Crippen molar-refractivity contribution in [3.63, 3.8) is 0 Å². The van der Waals surface area contributed by atoms with Gasteiger partial charge in [0.05, 0.1) is 42.2 Å². The molecule has 5 rings (SSSR count). The predicted molar refractivity (Wildman–Crippen MR) is 142 cm³/mol. The summed E-state index contributed by atoms with van der Waals surface area (Å²) >= 11 is 0. The van der Waals surface area contributed by atoms with Crippen molar-refractivity contribution in [1.82, 2.24) is 0 Å². The fraction of sp³-hybridized carbons (Fsp3) is 0.367. The number of rotatable bonds is 8. The Bertz CT molecular complexity index is 1390. The van der Waals surface area contributed by atoms with E-state index in [-0.39, 0.29) is 19.6 Å². The first-order valence-corrected chi connectivity index (χ1v) is 12.6. The van der Waals surface area contributed by atoms with Crippen molar-refractivity contribution in [2.24, 2.45) is 5.92 Å². The lowest BCUT2D eigenvalue weighted by Gasteiger charge is -2.32. The largest absolute Gasteiger partial charge is 0.493 e. The lowest BCUT2D eigenvalue weighted by molar-refractivity contribution is -0.154. The Balaban J connectivity index is 1.82. The Labute approximate surface area is 227 Å². The zero-order valence-electron chi connectivity index (χ0n) is 22.7. The number of esters is 1. The molecule has 1 N–H and O–H groups in total. The monoisotopic (exact) mass is 536 g/mol. The number of hydrogen-bond donors (Lipinski definition) is 1. The fourth-order valence-electron chi connectivity index (χ4n) is 5.54. The summed E-state index contributed by atoms with van der Waals surface area (Å²) in [4.78, 5) is 12.9. The van der Waals surface area contributed by atoms with Crippen molar-refractivity contribution >= 4 is 5.97 Å². The smallest absolute Gasteiger partial charge is 0.338 e. The number of carbonyl (C=O) groups is 1. The summed E-state index contributed by atoms with van der Waals surface area (Å²) in [5.74, 6) is 1.29. The van der Waals surface area contributed by atoms with Gasteiger partial charge < -0.3 is 38.3 Å². The second-order valence-corrected chi connectivity index (χ2v) is 9.53. The minimum Gasteiger partial charge on any atom is -0.493 e. The average Bonchev–Trinajstić information content (AvgIpc) is 3.22. The molecule has 0 saturated carbocycles. The molecular formula is C30H32O9. The molecule has 2 atom stereocenters. The molecule has 9 heteroatoms. The van der Waals surface area contributed by atoms with Gasteiger partial charge in [0.15, 0.2) is 28.6 Å². The summed E-state index contributed by atoms with van der Waals surface area (Å²) in [6.45, 7) is 0.355. The standard InChI is InChI=1S/C30H32O9/c1-33-21-12-18-11-20-16-39-29(31)30(20,32)14-19-13-22(34-2)26(38-15-17-9-7-6-8-10-17)28(37-5)24(19)23(18)27(36-4)25(21)35-3/h6-10,12-13,20,32H,11,14-16H2,1-5H3/t20-,30-/m1/s1. The van der Waals surface area contributed by atoms with Crippen LogP contribution in [0.15, 0.2) is 42.5 Å². The molecule has 3 aromatic rings. The molecule has 206 valence electrons. The molecule has 3 aromatic carbocycles. The van der Waals surface area contributed by atoms with Gasteiger partial charge in [0.25, 0.3) is 0 Å². The topological polar surface area (TPSA) is 102 Å². The predicted octanol–water partition coefficient (Wildman–Crippen LogP) is 3.98. The third-order valence-electron chi connectivity index (χ3n) is 7.47. The number of aliphatic hydroxyl groups is 1. The van der Waals surface area contributed by atoms with Gasteiger partial charge in [-0.2, -0.15) is 0 Å². The van der Waals surface area contributed by atoms with E-state index in [0.717, 1.165) is 11.1 Å². The molecular weight excluding hydrogens is 504 g/mol. The Hall–Kier alpha value is -4.11. The first-order valence-electron chi connectivity index (χ1n) is 12.6. The summed E-state index contributed by atoms with van der Waals surface area (Å²) in [5, 5.41) is 11.7. The summed E-state index contributed by atoms with van der Waals surface area (Å²) < 4.78 is 40.6. The van der Waals surface area contributed by atoms with E-state index in [1.165, 1.54) is 14.2 Å². The van der Waals surface area contributed by atoms with Gasteiger partial charge in [-0.05, 0) is 35.2 Å². The molecule has 0 aromatic heterocycles. The third kappa shape index (κ3) is 4.36. The van der Waals surface area contributed by atoms with E-state index in [1.807, 2.05) is 36.4 Å². The second-order valence-electron chi connectivity index (χ2n) is 9.53. The van der Waals surface area contributed by atoms with E-state index in [0.29, 0.717) is 57.6 Å². The third-order valence-corrected chi connectivity index (χ3v) is 7.47. The van der Waals surface area contributed by atoms with Gasteiger partial charge in [-0.25, -0.2) is 4.79 Å². The summed E-state index contributed by atoms with van der Waals surface area (Å²) in [6.07, 6.45) is 0.303.